The summed E-state index contributed by atoms with van der Waals surface area (Å²) in [5.74, 6) is 0.565. The predicted octanol–water partition coefficient (Wildman–Crippen LogP) is 2.49. The lowest BCUT2D eigenvalue weighted by Crippen LogP contribution is -2.34. The van der Waals surface area contributed by atoms with Gasteiger partial charge in [-0.05, 0) is 25.5 Å². The van der Waals surface area contributed by atoms with Crippen molar-refractivity contribution in [1.82, 2.24) is 4.90 Å². The van der Waals surface area contributed by atoms with Crippen LogP contribution in [0, 0.1) is 0 Å². The van der Waals surface area contributed by atoms with Crippen molar-refractivity contribution in [2.45, 2.75) is 25.8 Å². The second kappa shape index (κ2) is 7.66. The van der Waals surface area contributed by atoms with Crippen molar-refractivity contribution in [2.24, 2.45) is 5.73 Å². The van der Waals surface area contributed by atoms with E-state index in [-0.39, 0.29) is 18.4 Å². The van der Waals surface area contributed by atoms with Gasteiger partial charge < -0.3 is 10.6 Å². The molecule has 0 aliphatic carbocycles. The molecule has 0 heterocycles. The molecule has 0 bridgehead atoms. The van der Waals surface area contributed by atoms with E-state index in [9.17, 15) is 0 Å². The maximum atomic E-state index is 5.77. The van der Waals surface area contributed by atoms with Crippen LogP contribution in [0.5, 0.6) is 0 Å². The molecule has 0 saturated carbocycles. The molecule has 1 aromatic rings. The summed E-state index contributed by atoms with van der Waals surface area (Å²) in [6.45, 7) is 6.32. The Balaban J connectivity index is 0.00000225. The van der Waals surface area contributed by atoms with Crippen LogP contribution in [0.3, 0.4) is 0 Å². The van der Waals surface area contributed by atoms with Crippen LogP contribution >= 0.6 is 12.4 Å². The molecule has 0 aromatic heterocycles. The number of nitrogens with two attached hydrogens (primary N) is 1. The highest BCUT2D eigenvalue weighted by atomic mass is 35.5. The van der Waals surface area contributed by atoms with E-state index in [1.54, 1.807) is 0 Å². The Morgan fingerprint density at radius 1 is 1.12 bits per heavy atom. The Morgan fingerprint density at radius 2 is 1.69 bits per heavy atom. The largest absolute Gasteiger partial charge is 0.327 e. The third kappa shape index (κ3) is 5.50. The quantitative estimate of drug-likeness (QED) is 0.860. The molecule has 3 heteroatoms. The van der Waals surface area contributed by atoms with Crippen molar-refractivity contribution in [1.29, 1.82) is 0 Å². The number of likely N-dealkylation sites (N-methyl/N-ethyl adjacent to an activating group) is 1. The molecule has 2 N–H and O–H groups in total. The third-order valence-electron chi connectivity index (χ3n) is 2.55. The van der Waals surface area contributed by atoms with Gasteiger partial charge in [0.05, 0.1) is 0 Å². The lowest BCUT2D eigenvalue weighted by atomic mass is 10.0. The van der Waals surface area contributed by atoms with Crippen LogP contribution in [-0.2, 0) is 0 Å². The Morgan fingerprint density at radius 3 is 2.19 bits per heavy atom. The Bertz CT molecular complexity index is 275. The predicted molar refractivity (Wildman–Crippen MR) is 73.3 cm³/mol. The molecule has 0 amide bonds. The molecule has 92 valence electrons. The van der Waals surface area contributed by atoms with Crippen molar-refractivity contribution < 1.29 is 0 Å². The van der Waals surface area contributed by atoms with Gasteiger partial charge in [0.25, 0.3) is 0 Å². The van der Waals surface area contributed by atoms with Crippen LogP contribution in [0.25, 0.3) is 0 Å². The molecule has 16 heavy (non-hydrogen) atoms. The van der Waals surface area contributed by atoms with Crippen molar-refractivity contribution in [3.63, 3.8) is 0 Å². The van der Waals surface area contributed by atoms with E-state index in [0.29, 0.717) is 5.92 Å². The first kappa shape index (κ1) is 15.4. The lowest BCUT2D eigenvalue weighted by Gasteiger charge is -2.23. The number of halogens is 1. The average molecular weight is 243 g/mol. The number of rotatable bonds is 5. The number of hydrogen-bond donors (Lipinski definition) is 1. The van der Waals surface area contributed by atoms with E-state index in [4.69, 9.17) is 5.73 Å². The van der Waals surface area contributed by atoms with Gasteiger partial charge in [0, 0.05) is 19.1 Å². The second-order valence-corrected chi connectivity index (χ2v) is 4.51. The fourth-order valence-corrected chi connectivity index (χ4v) is 1.92. The van der Waals surface area contributed by atoms with Gasteiger partial charge in [-0.1, -0.05) is 37.3 Å². The zero-order valence-corrected chi connectivity index (χ0v) is 11.2. The second-order valence-electron chi connectivity index (χ2n) is 4.51. The van der Waals surface area contributed by atoms with Gasteiger partial charge in [-0.3, -0.25) is 0 Å². The molecular weight excluding hydrogens is 220 g/mol. The van der Waals surface area contributed by atoms with E-state index in [1.165, 1.54) is 5.56 Å². The SMILES string of the molecule is CC(N)CN(C)CC(C)c1ccccc1.Cl. The lowest BCUT2D eigenvalue weighted by molar-refractivity contribution is 0.302. The average Bonchev–Trinajstić information content (AvgIpc) is 2.17. The topological polar surface area (TPSA) is 29.3 Å². The normalized spacial score (nSPS) is 14.3. The summed E-state index contributed by atoms with van der Waals surface area (Å²) in [7, 11) is 2.13. The zero-order chi connectivity index (χ0) is 11.3. The van der Waals surface area contributed by atoms with E-state index in [1.807, 2.05) is 6.92 Å². The third-order valence-corrected chi connectivity index (χ3v) is 2.55. The maximum Gasteiger partial charge on any atom is 0.0139 e. The first-order chi connectivity index (χ1) is 7.09. The van der Waals surface area contributed by atoms with Crippen LogP contribution in [0.1, 0.15) is 25.3 Å². The zero-order valence-electron chi connectivity index (χ0n) is 10.4. The summed E-state index contributed by atoms with van der Waals surface area (Å²) in [5.41, 5.74) is 7.16. The Kier molecular flexibility index (Phi) is 7.39. The minimum atomic E-state index is 0. The van der Waals surface area contributed by atoms with Crippen molar-refractivity contribution >= 4 is 12.4 Å². The smallest absolute Gasteiger partial charge is 0.0139 e. The molecule has 0 saturated heterocycles. The van der Waals surface area contributed by atoms with Crippen molar-refractivity contribution in [3.8, 4) is 0 Å². The molecule has 1 aromatic carbocycles. The van der Waals surface area contributed by atoms with Crippen molar-refractivity contribution in [3.05, 3.63) is 35.9 Å². The molecule has 2 atom stereocenters. The molecule has 2 nitrogen and oxygen atoms in total. The minimum Gasteiger partial charge on any atom is -0.327 e. The van der Waals surface area contributed by atoms with Gasteiger partial charge in [0.1, 0.15) is 0 Å². The highest BCUT2D eigenvalue weighted by Gasteiger charge is 2.09. The number of nitrogens with zero attached hydrogens (tertiary/aromatic N) is 1. The van der Waals surface area contributed by atoms with Crippen molar-refractivity contribution in [2.75, 3.05) is 20.1 Å². The van der Waals surface area contributed by atoms with E-state index in [2.05, 4.69) is 49.2 Å². The van der Waals surface area contributed by atoms with Gasteiger partial charge in [-0.15, -0.1) is 12.4 Å². The Hall–Kier alpha value is -0.570. The fraction of sp³-hybridized carbons (Fsp3) is 0.538. The summed E-state index contributed by atoms with van der Waals surface area (Å²) >= 11 is 0. The summed E-state index contributed by atoms with van der Waals surface area (Å²) in [5, 5.41) is 0. The highest BCUT2D eigenvalue weighted by molar-refractivity contribution is 5.85. The molecular formula is C13H23ClN2. The van der Waals surface area contributed by atoms with Crippen LogP contribution in [0.4, 0.5) is 0 Å². The molecule has 0 aliphatic rings. The summed E-state index contributed by atoms with van der Waals surface area (Å²) in [6.07, 6.45) is 0. The van der Waals surface area contributed by atoms with Crippen LogP contribution < -0.4 is 5.73 Å². The number of benzene rings is 1. The molecule has 0 spiro atoms. The van der Waals surface area contributed by atoms with Gasteiger partial charge >= 0.3 is 0 Å². The highest BCUT2D eigenvalue weighted by Crippen LogP contribution is 2.15. The fourth-order valence-electron chi connectivity index (χ4n) is 1.92. The first-order valence-electron chi connectivity index (χ1n) is 5.58. The van der Waals surface area contributed by atoms with Gasteiger partial charge in [-0.25, -0.2) is 0 Å². The van der Waals surface area contributed by atoms with Gasteiger partial charge in [0.2, 0.25) is 0 Å². The van der Waals surface area contributed by atoms with Crippen LogP contribution in [0.15, 0.2) is 30.3 Å². The Labute approximate surface area is 105 Å². The summed E-state index contributed by atoms with van der Waals surface area (Å²) in [6, 6.07) is 10.9. The van der Waals surface area contributed by atoms with E-state index >= 15 is 0 Å². The molecule has 1 rings (SSSR count). The van der Waals surface area contributed by atoms with E-state index < -0.39 is 0 Å². The summed E-state index contributed by atoms with van der Waals surface area (Å²) < 4.78 is 0. The maximum absolute atomic E-state index is 5.77. The molecule has 0 aliphatic heterocycles. The summed E-state index contributed by atoms with van der Waals surface area (Å²) in [4.78, 5) is 2.29. The molecule has 0 fully saturated rings. The van der Waals surface area contributed by atoms with Gasteiger partial charge in [-0.2, -0.15) is 0 Å². The number of hydrogen-bond acceptors (Lipinski definition) is 2. The standard InChI is InChI=1S/C13H22N2.ClH/c1-11(9-15(3)10-12(2)14)13-7-5-4-6-8-13;/h4-8,11-12H,9-10,14H2,1-3H3;1H. The minimum absolute atomic E-state index is 0. The molecule has 0 radical (unpaired) electrons. The monoisotopic (exact) mass is 242 g/mol. The van der Waals surface area contributed by atoms with Crippen LogP contribution in [0.2, 0.25) is 0 Å². The van der Waals surface area contributed by atoms with E-state index in [0.717, 1.165) is 13.1 Å². The molecule has 2 unspecified atom stereocenters. The first-order valence-corrected chi connectivity index (χ1v) is 5.58. The van der Waals surface area contributed by atoms with Crippen LogP contribution in [-0.4, -0.2) is 31.1 Å². The van der Waals surface area contributed by atoms with Gasteiger partial charge in [0.15, 0.2) is 0 Å².